The van der Waals surface area contributed by atoms with Crippen molar-refractivity contribution < 1.29 is 9.18 Å². The third kappa shape index (κ3) is 4.90. The summed E-state index contributed by atoms with van der Waals surface area (Å²) in [5, 5.41) is 3.93. The number of carbonyl (C=O) groups is 1. The molecular weight excluding hydrogens is 507 g/mol. The highest BCUT2D eigenvalue weighted by molar-refractivity contribution is 5.94. The van der Waals surface area contributed by atoms with Crippen molar-refractivity contribution in [3.63, 3.8) is 0 Å². The SMILES string of the molecule is CNc1ccn(-c2ccnc3c2cc([C@@H](C)N2CCC(c4c(C)cc(C(=O)N(C)C)cc4F)CC2)n3C)c(=O)c1. The van der Waals surface area contributed by atoms with E-state index in [1.807, 2.05) is 32.2 Å². The normalized spacial score (nSPS) is 15.4. The standard InChI is InChI=1S/C31H37FN6O2/c1-19-15-22(31(40)35(4)5)16-25(32)29(19)21-8-12-37(13-9-21)20(2)27-18-24-26(7-11-34-30(24)36(27)6)38-14-10-23(33-3)17-28(38)39/h7,10-11,14-18,20-21,33H,8-9,12-13H2,1-6H3/t20-/m1/s1. The van der Waals surface area contributed by atoms with Gasteiger partial charge in [-0.1, -0.05) is 0 Å². The third-order valence-corrected chi connectivity index (χ3v) is 8.31. The Labute approximate surface area is 234 Å². The molecule has 4 aromatic rings. The number of piperidine rings is 1. The second kappa shape index (κ2) is 10.9. The number of likely N-dealkylation sites (tertiary alicyclic amines) is 1. The Morgan fingerprint density at radius 2 is 1.88 bits per heavy atom. The first-order chi connectivity index (χ1) is 19.1. The van der Waals surface area contributed by atoms with E-state index in [1.165, 1.54) is 11.0 Å². The van der Waals surface area contributed by atoms with Crippen LogP contribution >= 0.6 is 0 Å². The lowest BCUT2D eigenvalue weighted by atomic mass is 9.85. The predicted octanol–water partition coefficient (Wildman–Crippen LogP) is 4.86. The number of hydrogen-bond donors (Lipinski definition) is 1. The van der Waals surface area contributed by atoms with Gasteiger partial charge >= 0.3 is 0 Å². The van der Waals surface area contributed by atoms with E-state index in [0.717, 1.165) is 65.2 Å². The van der Waals surface area contributed by atoms with Crippen LogP contribution in [0.3, 0.4) is 0 Å². The van der Waals surface area contributed by atoms with Crippen LogP contribution in [-0.2, 0) is 7.05 Å². The topological polar surface area (TPSA) is 75.4 Å². The summed E-state index contributed by atoms with van der Waals surface area (Å²) < 4.78 is 19.0. The summed E-state index contributed by atoms with van der Waals surface area (Å²) in [5.41, 5.74) is 5.35. The molecule has 1 saturated heterocycles. The lowest BCUT2D eigenvalue weighted by Gasteiger charge is -2.37. The van der Waals surface area contributed by atoms with Crippen molar-refractivity contribution in [3.05, 3.63) is 87.3 Å². The van der Waals surface area contributed by atoms with Crippen molar-refractivity contribution in [1.82, 2.24) is 23.9 Å². The van der Waals surface area contributed by atoms with Crippen LogP contribution in [0.2, 0.25) is 0 Å². The van der Waals surface area contributed by atoms with Crippen molar-refractivity contribution in [2.45, 2.75) is 38.6 Å². The minimum atomic E-state index is -0.290. The maximum Gasteiger partial charge on any atom is 0.257 e. The molecule has 210 valence electrons. The lowest BCUT2D eigenvalue weighted by molar-refractivity contribution is 0.0827. The number of aryl methyl sites for hydroxylation is 2. The number of benzene rings is 1. The van der Waals surface area contributed by atoms with Crippen LogP contribution in [0.15, 0.2) is 53.6 Å². The minimum absolute atomic E-state index is 0.110. The smallest absolute Gasteiger partial charge is 0.257 e. The molecule has 9 heteroatoms. The van der Waals surface area contributed by atoms with Gasteiger partial charge in [-0.05, 0) is 87.2 Å². The Balaban J connectivity index is 1.37. The van der Waals surface area contributed by atoms with Crippen LogP contribution in [-0.4, -0.2) is 64.1 Å². The fraction of sp³-hybridized carbons (Fsp3) is 0.387. The Bertz CT molecular complexity index is 1610. The van der Waals surface area contributed by atoms with Crippen LogP contribution in [0, 0.1) is 12.7 Å². The van der Waals surface area contributed by atoms with Gasteiger partial charge in [0.2, 0.25) is 0 Å². The van der Waals surface area contributed by atoms with Gasteiger partial charge < -0.3 is 14.8 Å². The number of amides is 1. The molecule has 1 atom stereocenters. The highest BCUT2D eigenvalue weighted by Crippen LogP contribution is 2.37. The van der Waals surface area contributed by atoms with E-state index in [4.69, 9.17) is 0 Å². The van der Waals surface area contributed by atoms with E-state index in [9.17, 15) is 9.59 Å². The van der Waals surface area contributed by atoms with Gasteiger partial charge in [-0.25, -0.2) is 9.37 Å². The molecule has 4 heterocycles. The maximum atomic E-state index is 15.2. The van der Waals surface area contributed by atoms with Crippen molar-refractivity contribution in [2.75, 3.05) is 39.5 Å². The van der Waals surface area contributed by atoms with Gasteiger partial charge in [0.05, 0.1) is 5.69 Å². The lowest BCUT2D eigenvalue weighted by Crippen LogP contribution is -2.36. The van der Waals surface area contributed by atoms with Gasteiger partial charge in [0.15, 0.2) is 0 Å². The molecule has 8 nitrogen and oxygen atoms in total. The molecule has 0 aliphatic carbocycles. The number of nitrogens with one attached hydrogen (secondary N) is 1. The molecule has 40 heavy (non-hydrogen) atoms. The zero-order valence-electron chi connectivity index (χ0n) is 24.0. The summed E-state index contributed by atoms with van der Waals surface area (Å²) in [5.74, 6) is -0.369. The number of pyridine rings is 2. The van der Waals surface area contributed by atoms with Crippen molar-refractivity contribution >= 4 is 22.6 Å². The quantitative estimate of drug-likeness (QED) is 0.376. The first-order valence-corrected chi connectivity index (χ1v) is 13.7. The minimum Gasteiger partial charge on any atom is -0.388 e. The molecule has 1 N–H and O–H groups in total. The molecule has 0 radical (unpaired) electrons. The Morgan fingerprint density at radius 3 is 2.50 bits per heavy atom. The summed E-state index contributed by atoms with van der Waals surface area (Å²) >= 11 is 0. The summed E-state index contributed by atoms with van der Waals surface area (Å²) in [7, 11) is 7.15. The van der Waals surface area contributed by atoms with Crippen molar-refractivity contribution in [1.29, 1.82) is 0 Å². The third-order valence-electron chi connectivity index (χ3n) is 8.31. The zero-order chi connectivity index (χ0) is 28.7. The Morgan fingerprint density at radius 1 is 1.15 bits per heavy atom. The predicted molar refractivity (Wildman–Crippen MR) is 157 cm³/mol. The van der Waals surface area contributed by atoms with Crippen molar-refractivity contribution in [3.8, 4) is 5.69 Å². The first-order valence-electron chi connectivity index (χ1n) is 13.7. The van der Waals surface area contributed by atoms with Crippen LogP contribution in [0.1, 0.15) is 58.9 Å². The van der Waals surface area contributed by atoms with Gasteiger partial charge in [0, 0.05) is 75.0 Å². The van der Waals surface area contributed by atoms with E-state index >= 15 is 4.39 Å². The zero-order valence-corrected chi connectivity index (χ0v) is 24.0. The van der Waals surface area contributed by atoms with Crippen LogP contribution in [0.4, 0.5) is 10.1 Å². The van der Waals surface area contributed by atoms with Gasteiger partial charge in [-0.2, -0.15) is 0 Å². The molecule has 0 unspecified atom stereocenters. The molecule has 1 aliphatic heterocycles. The second-order valence-electron chi connectivity index (χ2n) is 10.9. The molecule has 1 aliphatic rings. The average Bonchev–Trinajstić information content (AvgIpc) is 3.28. The number of aromatic nitrogens is 3. The molecule has 1 aromatic carbocycles. The fourth-order valence-electron chi connectivity index (χ4n) is 6.09. The summed E-state index contributed by atoms with van der Waals surface area (Å²) in [4.78, 5) is 33.7. The van der Waals surface area contributed by atoms with Crippen LogP contribution in [0.5, 0.6) is 0 Å². The maximum absolute atomic E-state index is 15.2. The first kappa shape index (κ1) is 27.6. The molecular formula is C31H37FN6O2. The monoisotopic (exact) mass is 544 g/mol. The molecule has 1 amide bonds. The summed E-state index contributed by atoms with van der Waals surface area (Å²) in [6.45, 7) is 5.75. The van der Waals surface area contributed by atoms with E-state index in [2.05, 4.69) is 32.8 Å². The second-order valence-corrected chi connectivity index (χ2v) is 10.9. The molecule has 0 spiro atoms. The number of rotatable bonds is 6. The largest absolute Gasteiger partial charge is 0.388 e. The average molecular weight is 545 g/mol. The van der Waals surface area contributed by atoms with E-state index in [0.29, 0.717) is 5.56 Å². The molecule has 5 rings (SSSR count). The van der Waals surface area contributed by atoms with Gasteiger partial charge in [0.1, 0.15) is 11.5 Å². The highest BCUT2D eigenvalue weighted by Gasteiger charge is 2.29. The molecule has 0 saturated carbocycles. The summed E-state index contributed by atoms with van der Waals surface area (Å²) in [6, 6.07) is 10.8. The summed E-state index contributed by atoms with van der Waals surface area (Å²) in [6.07, 6.45) is 5.20. The number of hydrogen-bond acceptors (Lipinski definition) is 5. The Hall–Kier alpha value is -3.98. The molecule has 3 aromatic heterocycles. The van der Waals surface area contributed by atoms with Gasteiger partial charge in [0.25, 0.3) is 11.5 Å². The number of nitrogens with zero attached hydrogens (tertiary/aromatic N) is 5. The van der Waals surface area contributed by atoms with Crippen LogP contribution < -0.4 is 10.9 Å². The number of halogens is 1. The van der Waals surface area contributed by atoms with E-state index < -0.39 is 0 Å². The van der Waals surface area contributed by atoms with E-state index in [1.54, 1.807) is 44.2 Å². The Kier molecular flexibility index (Phi) is 7.51. The van der Waals surface area contributed by atoms with Gasteiger partial charge in [-0.3, -0.25) is 19.1 Å². The molecule has 0 bridgehead atoms. The van der Waals surface area contributed by atoms with Crippen LogP contribution in [0.25, 0.3) is 16.7 Å². The highest BCUT2D eigenvalue weighted by atomic mass is 19.1. The van der Waals surface area contributed by atoms with Gasteiger partial charge in [-0.15, -0.1) is 0 Å². The number of carbonyl (C=O) groups excluding carboxylic acids is 1. The number of anilines is 1. The number of fused-ring (bicyclic) bond motifs is 1. The van der Waals surface area contributed by atoms with E-state index in [-0.39, 0.29) is 29.2 Å². The fourth-order valence-corrected chi connectivity index (χ4v) is 6.09. The molecule has 1 fully saturated rings. The van der Waals surface area contributed by atoms with Crippen molar-refractivity contribution in [2.24, 2.45) is 7.05 Å².